The van der Waals surface area contributed by atoms with Crippen molar-refractivity contribution in [2.45, 2.75) is 46.2 Å². The summed E-state index contributed by atoms with van der Waals surface area (Å²) in [4.78, 5) is 4.48. The molecule has 0 aliphatic rings. The first-order chi connectivity index (χ1) is 7.69. The lowest BCUT2D eigenvalue weighted by molar-refractivity contribution is 0.411. The topological polar surface area (TPSA) is 34.1 Å². The third-order valence-electron chi connectivity index (χ3n) is 2.77. The molecule has 0 fully saturated rings. The van der Waals surface area contributed by atoms with E-state index in [0.29, 0.717) is 6.04 Å². The fourth-order valence-electron chi connectivity index (χ4n) is 1.74. The van der Waals surface area contributed by atoms with E-state index in [4.69, 9.17) is 4.74 Å². The summed E-state index contributed by atoms with van der Waals surface area (Å²) in [5.74, 6) is 0.883. The van der Waals surface area contributed by atoms with Crippen LogP contribution in [0.3, 0.4) is 0 Å². The predicted molar refractivity (Wildman–Crippen MR) is 66.7 cm³/mol. The van der Waals surface area contributed by atoms with Crippen molar-refractivity contribution in [2.24, 2.45) is 0 Å². The molecule has 0 saturated heterocycles. The summed E-state index contributed by atoms with van der Waals surface area (Å²) in [6, 6.07) is 4.51. The monoisotopic (exact) mass is 222 g/mol. The number of nitrogens with one attached hydrogen (secondary N) is 1. The van der Waals surface area contributed by atoms with E-state index in [1.807, 2.05) is 19.1 Å². The molecule has 0 aliphatic carbocycles. The molecule has 0 amide bonds. The van der Waals surface area contributed by atoms with Gasteiger partial charge in [-0.25, -0.2) is 0 Å². The van der Waals surface area contributed by atoms with Crippen LogP contribution in [0.1, 0.15) is 38.1 Å². The molecule has 0 bridgehead atoms. The quantitative estimate of drug-likeness (QED) is 0.803. The minimum absolute atomic E-state index is 0.577. The molecular formula is C13H22N2O. The molecule has 0 atom stereocenters. The standard InChI is InChI=1S/C13H22N2O/c1-5-11(6-2)14-9-12-8-13(16-4)7-10(3)15-12/h7-8,11,14H,5-6,9H2,1-4H3. The normalized spacial score (nSPS) is 10.8. The molecule has 1 N–H and O–H groups in total. The highest BCUT2D eigenvalue weighted by molar-refractivity contribution is 5.26. The molecular weight excluding hydrogens is 200 g/mol. The van der Waals surface area contributed by atoms with Crippen molar-refractivity contribution in [3.63, 3.8) is 0 Å². The maximum atomic E-state index is 5.23. The summed E-state index contributed by atoms with van der Waals surface area (Å²) in [7, 11) is 1.69. The average Bonchev–Trinajstić information content (AvgIpc) is 2.29. The highest BCUT2D eigenvalue weighted by Crippen LogP contribution is 2.13. The Morgan fingerprint density at radius 1 is 1.31 bits per heavy atom. The van der Waals surface area contributed by atoms with Gasteiger partial charge in [-0.3, -0.25) is 4.98 Å². The largest absolute Gasteiger partial charge is 0.497 e. The van der Waals surface area contributed by atoms with Crippen molar-refractivity contribution < 1.29 is 4.74 Å². The zero-order valence-corrected chi connectivity index (χ0v) is 10.7. The van der Waals surface area contributed by atoms with Gasteiger partial charge in [0, 0.05) is 30.4 Å². The third-order valence-corrected chi connectivity index (χ3v) is 2.77. The van der Waals surface area contributed by atoms with Crippen molar-refractivity contribution in [2.75, 3.05) is 7.11 Å². The van der Waals surface area contributed by atoms with Crippen LogP contribution < -0.4 is 10.1 Å². The lowest BCUT2D eigenvalue weighted by Crippen LogP contribution is -2.27. The van der Waals surface area contributed by atoms with Crippen molar-refractivity contribution in [3.05, 3.63) is 23.5 Å². The Balaban J connectivity index is 2.62. The van der Waals surface area contributed by atoms with E-state index in [1.54, 1.807) is 7.11 Å². The van der Waals surface area contributed by atoms with Crippen LogP contribution in [-0.2, 0) is 6.54 Å². The maximum Gasteiger partial charge on any atom is 0.122 e. The fourth-order valence-corrected chi connectivity index (χ4v) is 1.74. The Morgan fingerprint density at radius 3 is 2.56 bits per heavy atom. The Bertz CT molecular complexity index is 322. The summed E-state index contributed by atoms with van der Waals surface area (Å²) in [5.41, 5.74) is 2.05. The fraction of sp³-hybridized carbons (Fsp3) is 0.615. The first kappa shape index (κ1) is 13.0. The van der Waals surface area contributed by atoms with Gasteiger partial charge < -0.3 is 10.1 Å². The van der Waals surface area contributed by atoms with E-state index in [1.165, 1.54) is 0 Å². The van der Waals surface area contributed by atoms with E-state index >= 15 is 0 Å². The molecule has 3 nitrogen and oxygen atoms in total. The van der Waals surface area contributed by atoms with Crippen LogP contribution in [0.25, 0.3) is 0 Å². The van der Waals surface area contributed by atoms with Gasteiger partial charge in [-0.2, -0.15) is 0 Å². The number of hydrogen-bond acceptors (Lipinski definition) is 3. The molecule has 0 saturated carbocycles. The molecule has 90 valence electrons. The molecule has 3 heteroatoms. The second kappa shape index (κ2) is 6.48. The highest BCUT2D eigenvalue weighted by Gasteiger charge is 2.04. The lowest BCUT2D eigenvalue weighted by atomic mass is 10.1. The number of pyridine rings is 1. The van der Waals surface area contributed by atoms with Crippen molar-refractivity contribution in [3.8, 4) is 5.75 Å². The van der Waals surface area contributed by atoms with Crippen molar-refractivity contribution in [1.29, 1.82) is 0 Å². The first-order valence-electron chi connectivity index (χ1n) is 5.94. The van der Waals surface area contributed by atoms with Crippen LogP contribution in [0, 0.1) is 6.92 Å². The van der Waals surface area contributed by atoms with Crippen LogP contribution in [-0.4, -0.2) is 18.1 Å². The van der Waals surface area contributed by atoms with E-state index in [0.717, 1.165) is 36.5 Å². The lowest BCUT2D eigenvalue weighted by Gasteiger charge is -2.14. The van der Waals surface area contributed by atoms with Crippen LogP contribution in [0.5, 0.6) is 5.75 Å². The Hall–Kier alpha value is -1.09. The first-order valence-corrected chi connectivity index (χ1v) is 5.94. The van der Waals surface area contributed by atoms with Gasteiger partial charge in [-0.05, 0) is 19.8 Å². The second-order valence-corrected chi connectivity index (χ2v) is 4.03. The van der Waals surface area contributed by atoms with Crippen molar-refractivity contribution in [1.82, 2.24) is 10.3 Å². The van der Waals surface area contributed by atoms with Gasteiger partial charge in [0.15, 0.2) is 0 Å². The second-order valence-electron chi connectivity index (χ2n) is 4.03. The maximum absolute atomic E-state index is 5.23. The predicted octanol–water partition coefficient (Wildman–Crippen LogP) is 2.68. The Morgan fingerprint density at radius 2 is 2.00 bits per heavy atom. The number of rotatable bonds is 6. The minimum Gasteiger partial charge on any atom is -0.497 e. The summed E-state index contributed by atoms with van der Waals surface area (Å²) < 4.78 is 5.23. The molecule has 0 aromatic carbocycles. The number of aromatic nitrogens is 1. The van der Waals surface area contributed by atoms with Gasteiger partial charge in [0.05, 0.1) is 12.8 Å². The Kier molecular flexibility index (Phi) is 5.26. The minimum atomic E-state index is 0.577. The molecule has 16 heavy (non-hydrogen) atoms. The van der Waals surface area contributed by atoms with Gasteiger partial charge in [-0.1, -0.05) is 13.8 Å². The van der Waals surface area contributed by atoms with Gasteiger partial charge in [0.25, 0.3) is 0 Å². The van der Waals surface area contributed by atoms with Crippen LogP contribution in [0.2, 0.25) is 0 Å². The summed E-state index contributed by atoms with van der Waals surface area (Å²) in [5, 5.41) is 3.50. The Labute approximate surface area is 98.2 Å². The summed E-state index contributed by atoms with van der Waals surface area (Å²) >= 11 is 0. The smallest absolute Gasteiger partial charge is 0.122 e. The number of ether oxygens (including phenoxy) is 1. The SMILES string of the molecule is CCC(CC)NCc1cc(OC)cc(C)n1. The van der Waals surface area contributed by atoms with Crippen molar-refractivity contribution >= 4 is 0 Å². The van der Waals surface area contributed by atoms with Gasteiger partial charge in [0.1, 0.15) is 5.75 Å². The molecule has 1 aromatic rings. The zero-order chi connectivity index (χ0) is 12.0. The van der Waals surface area contributed by atoms with E-state index in [-0.39, 0.29) is 0 Å². The summed E-state index contributed by atoms with van der Waals surface area (Å²) in [6.07, 6.45) is 2.30. The van der Waals surface area contributed by atoms with Gasteiger partial charge >= 0.3 is 0 Å². The molecule has 0 unspecified atom stereocenters. The van der Waals surface area contributed by atoms with Crippen LogP contribution >= 0.6 is 0 Å². The van der Waals surface area contributed by atoms with Crippen LogP contribution in [0.4, 0.5) is 0 Å². The number of methoxy groups -OCH3 is 1. The van der Waals surface area contributed by atoms with Crippen LogP contribution in [0.15, 0.2) is 12.1 Å². The molecule has 1 rings (SSSR count). The molecule has 1 heterocycles. The molecule has 0 aliphatic heterocycles. The van der Waals surface area contributed by atoms with E-state index in [9.17, 15) is 0 Å². The third kappa shape index (κ3) is 3.81. The molecule has 1 aromatic heterocycles. The number of aryl methyl sites for hydroxylation is 1. The zero-order valence-electron chi connectivity index (χ0n) is 10.7. The van der Waals surface area contributed by atoms with Gasteiger partial charge in [0.2, 0.25) is 0 Å². The molecule has 0 radical (unpaired) electrons. The van der Waals surface area contributed by atoms with Gasteiger partial charge in [-0.15, -0.1) is 0 Å². The number of nitrogens with zero attached hydrogens (tertiary/aromatic N) is 1. The average molecular weight is 222 g/mol. The highest BCUT2D eigenvalue weighted by atomic mass is 16.5. The number of hydrogen-bond donors (Lipinski definition) is 1. The van der Waals surface area contributed by atoms with E-state index in [2.05, 4.69) is 24.1 Å². The summed E-state index contributed by atoms with van der Waals surface area (Å²) in [6.45, 7) is 7.20. The molecule has 0 spiro atoms. The van der Waals surface area contributed by atoms with E-state index < -0.39 is 0 Å².